The minimum atomic E-state index is 0.412. The normalized spacial score (nSPS) is 12.5. The minimum absolute atomic E-state index is 0.412. The second-order valence-corrected chi connectivity index (χ2v) is 8.02. The fourth-order valence-corrected chi connectivity index (χ4v) is 4.46. The van der Waals surface area contributed by atoms with Gasteiger partial charge in [-0.05, 0) is 29.8 Å². The van der Waals surface area contributed by atoms with Gasteiger partial charge in [-0.2, -0.15) is 0 Å². The van der Waals surface area contributed by atoms with Crippen LogP contribution >= 0.6 is 11.8 Å². The topological polar surface area (TPSA) is 82.1 Å². The van der Waals surface area contributed by atoms with Crippen molar-refractivity contribution in [1.82, 2.24) is 19.5 Å². The van der Waals surface area contributed by atoms with E-state index in [9.17, 15) is 0 Å². The number of anilines is 3. The summed E-state index contributed by atoms with van der Waals surface area (Å²) in [7, 11) is 1.69. The highest BCUT2D eigenvalue weighted by atomic mass is 32.2. The highest BCUT2D eigenvalue weighted by Gasteiger charge is 2.25. The average Bonchev–Trinajstić information content (AvgIpc) is 3.23. The lowest BCUT2D eigenvalue weighted by Gasteiger charge is -2.30. The van der Waals surface area contributed by atoms with Crippen molar-refractivity contribution < 1.29 is 4.74 Å². The number of benzene rings is 2. The Morgan fingerprint density at radius 1 is 1.03 bits per heavy atom. The summed E-state index contributed by atoms with van der Waals surface area (Å²) in [5.41, 5.74) is 10.7. The Bertz CT molecular complexity index is 1190. The standard InChI is InChI=1S/C22H20N6OS/c1-29-14-28-19-10-15(2-7-20(19)30-22-21(28)24-8-9-25-22)11-27-12-18(26-13-27)16-3-5-17(23)6-4-16/h2-10,12-13H,11,14,23H2,1H3. The number of nitrogens with zero attached hydrogens (tertiary/aromatic N) is 5. The van der Waals surface area contributed by atoms with Crippen LogP contribution in [0.3, 0.4) is 0 Å². The third kappa shape index (κ3) is 3.51. The van der Waals surface area contributed by atoms with E-state index >= 15 is 0 Å². The monoisotopic (exact) mass is 416 g/mol. The lowest BCUT2D eigenvalue weighted by atomic mass is 10.1. The van der Waals surface area contributed by atoms with Gasteiger partial charge in [0, 0.05) is 48.4 Å². The van der Waals surface area contributed by atoms with Crippen LogP contribution in [-0.4, -0.2) is 33.4 Å². The van der Waals surface area contributed by atoms with Gasteiger partial charge in [-0.3, -0.25) is 4.90 Å². The molecule has 3 heterocycles. The summed E-state index contributed by atoms with van der Waals surface area (Å²) in [6, 6.07) is 14.2. The zero-order chi connectivity index (χ0) is 20.5. The lowest BCUT2D eigenvalue weighted by Crippen LogP contribution is -2.24. The van der Waals surface area contributed by atoms with Crippen molar-refractivity contribution in [2.45, 2.75) is 16.5 Å². The summed E-state index contributed by atoms with van der Waals surface area (Å²) >= 11 is 1.63. The number of aromatic nitrogens is 4. The first kappa shape index (κ1) is 18.7. The summed E-state index contributed by atoms with van der Waals surface area (Å²) in [6.07, 6.45) is 7.33. The van der Waals surface area contributed by atoms with E-state index in [-0.39, 0.29) is 0 Å². The zero-order valence-corrected chi connectivity index (χ0v) is 17.2. The Balaban J connectivity index is 1.43. The smallest absolute Gasteiger partial charge is 0.168 e. The molecule has 2 aromatic heterocycles. The molecule has 0 unspecified atom stereocenters. The van der Waals surface area contributed by atoms with Gasteiger partial charge in [-0.15, -0.1) is 0 Å². The van der Waals surface area contributed by atoms with Crippen LogP contribution in [0.15, 0.2) is 77.3 Å². The van der Waals surface area contributed by atoms with E-state index in [4.69, 9.17) is 10.5 Å². The largest absolute Gasteiger partial charge is 0.399 e. The maximum absolute atomic E-state index is 5.78. The number of fused-ring (bicyclic) bond motifs is 2. The molecule has 2 N–H and O–H groups in total. The molecule has 0 fully saturated rings. The van der Waals surface area contributed by atoms with Gasteiger partial charge in [-0.25, -0.2) is 15.0 Å². The average molecular weight is 417 g/mol. The Morgan fingerprint density at radius 3 is 2.70 bits per heavy atom. The molecule has 0 radical (unpaired) electrons. The molecule has 8 heteroatoms. The molecule has 4 aromatic rings. The van der Waals surface area contributed by atoms with Crippen molar-refractivity contribution in [2.24, 2.45) is 0 Å². The highest BCUT2D eigenvalue weighted by Crippen LogP contribution is 2.46. The predicted molar refractivity (Wildman–Crippen MR) is 118 cm³/mol. The van der Waals surface area contributed by atoms with Crippen LogP contribution in [0, 0.1) is 0 Å². The first-order chi connectivity index (χ1) is 14.7. The van der Waals surface area contributed by atoms with E-state index in [1.54, 1.807) is 31.3 Å². The van der Waals surface area contributed by atoms with E-state index in [0.29, 0.717) is 13.3 Å². The second-order valence-electron chi connectivity index (χ2n) is 6.99. The number of hydrogen-bond acceptors (Lipinski definition) is 7. The van der Waals surface area contributed by atoms with Crippen LogP contribution in [-0.2, 0) is 11.3 Å². The van der Waals surface area contributed by atoms with E-state index in [0.717, 1.165) is 38.4 Å². The van der Waals surface area contributed by atoms with Crippen LogP contribution in [0.1, 0.15) is 5.56 Å². The van der Waals surface area contributed by atoms with Crippen LogP contribution in [0.2, 0.25) is 0 Å². The summed E-state index contributed by atoms with van der Waals surface area (Å²) in [5.74, 6) is 0.822. The second kappa shape index (κ2) is 7.81. The van der Waals surface area contributed by atoms with Crippen molar-refractivity contribution in [1.29, 1.82) is 0 Å². The Labute approximate surface area is 178 Å². The van der Waals surface area contributed by atoms with Crippen molar-refractivity contribution in [2.75, 3.05) is 24.5 Å². The van der Waals surface area contributed by atoms with Crippen LogP contribution in [0.4, 0.5) is 17.2 Å². The van der Waals surface area contributed by atoms with Gasteiger partial charge in [0.15, 0.2) is 5.82 Å². The summed E-state index contributed by atoms with van der Waals surface area (Å²) in [6.45, 7) is 1.13. The van der Waals surface area contributed by atoms with E-state index in [1.807, 2.05) is 36.8 Å². The fourth-order valence-electron chi connectivity index (χ4n) is 3.47. The lowest BCUT2D eigenvalue weighted by molar-refractivity contribution is 0.204. The number of ether oxygens (including phenoxy) is 1. The molecule has 0 bridgehead atoms. The van der Waals surface area contributed by atoms with Gasteiger partial charge in [-0.1, -0.05) is 30.0 Å². The third-order valence-corrected chi connectivity index (χ3v) is 5.93. The van der Waals surface area contributed by atoms with Gasteiger partial charge < -0.3 is 15.0 Å². The minimum Gasteiger partial charge on any atom is -0.399 e. The fraction of sp³-hybridized carbons (Fsp3) is 0.136. The van der Waals surface area contributed by atoms with Crippen molar-refractivity contribution in [3.63, 3.8) is 0 Å². The predicted octanol–water partition coefficient (Wildman–Crippen LogP) is 4.18. The summed E-state index contributed by atoms with van der Waals surface area (Å²) in [5, 5.41) is 0.887. The summed E-state index contributed by atoms with van der Waals surface area (Å²) in [4.78, 5) is 16.7. The molecule has 1 aliphatic heterocycles. The number of hydrogen-bond donors (Lipinski definition) is 1. The molecule has 1 aliphatic rings. The molecule has 2 aromatic carbocycles. The molecule has 30 heavy (non-hydrogen) atoms. The highest BCUT2D eigenvalue weighted by molar-refractivity contribution is 7.99. The van der Waals surface area contributed by atoms with Crippen molar-refractivity contribution >= 4 is 29.0 Å². The Kier molecular flexibility index (Phi) is 4.86. The molecule has 0 saturated heterocycles. The first-order valence-electron chi connectivity index (χ1n) is 9.47. The maximum Gasteiger partial charge on any atom is 0.168 e. The molecule has 0 amide bonds. The molecular formula is C22H20N6OS. The van der Waals surface area contributed by atoms with Crippen molar-refractivity contribution in [3.8, 4) is 11.3 Å². The molecule has 150 valence electrons. The van der Waals surface area contributed by atoms with Gasteiger partial charge >= 0.3 is 0 Å². The van der Waals surface area contributed by atoms with Gasteiger partial charge in [0.1, 0.15) is 11.8 Å². The van der Waals surface area contributed by atoms with Gasteiger partial charge in [0.25, 0.3) is 0 Å². The van der Waals surface area contributed by atoms with Crippen LogP contribution < -0.4 is 10.6 Å². The Hall–Kier alpha value is -3.36. The Morgan fingerprint density at radius 2 is 1.87 bits per heavy atom. The summed E-state index contributed by atoms with van der Waals surface area (Å²) < 4.78 is 7.52. The number of imidazole rings is 1. The quantitative estimate of drug-likeness (QED) is 0.489. The number of rotatable bonds is 5. The number of nitrogens with two attached hydrogens (primary N) is 1. The van der Waals surface area contributed by atoms with Gasteiger partial charge in [0.2, 0.25) is 0 Å². The van der Waals surface area contributed by atoms with E-state index in [2.05, 4.69) is 42.6 Å². The third-order valence-electron chi connectivity index (χ3n) is 4.89. The molecule has 5 rings (SSSR count). The molecule has 0 aliphatic carbocycles. The van der Waals surface area contributed by atoms with Crippen LogP contribution in [0.5, 0.6) is 0 Å². The molecule has 7 nitrogen and oxygen atoms in total. The van der Waals surface area contributed by atoms with E-state index in [1.165, 1.54) is 5.56 Å². The van der Waals surface area contributed by atoms with Gasteiger partial charge in [0.05, 0.1) is 17.7 Å². The number of methoxy groups -OCH3 is 1. The number of nitrogen functional groups attached to an aromatic ring is 1. The zero-order valence-electron chi connectivity index (χ0n) is 16.4. The first-order valence-corrected chi connectivity index (χ1v) is 10.3. The van der Waals surface area contributed by atoms with Crippen LogP contribution in [0.25, 0.3) is 11.3 Å². The molecule has 0 spiro atoms. The SMILES string of the molecule is COCN1c2cc(Cn3cnc(-c4ccc(N)cc4)c3)ccc2Sc2nccnc21. The molecule has 0 saturated carbocycles. The maximum atomic E-state index is 5.78. The van der Waals surface area contributed by atoms with E-state index < -0.39 is 0 Å². The molecular weight excluding hydrogens is 396 g/mol. The molecule has 0 atom stereocenters. The van der Waals surface area contributed by atoms with Crippen molar-refractivity contribution in [3.05, 3.63) is 72.9 Å².